The highest BCUT2D eigenvalue weighted by atomic mass is 16.5. The van der Waals surface area contributed by atoms with E-state index < -0.39 is 24.5 Å². The van der Waals surface area contributed by atoms with Crippen LogP contribution in [0, 0.1) is 0 Å². The van der Waals surface area contributed by atoms with E-state index in [1.807, 2.05) is 32.0 Å². The van der Waals surface area contributed by atoms with Crippen LogP contribution in [0.3, 0.4) is 0 Å². The van der Waals surface area contributed by atoms with Crippen LogP contribution < -0.4 is 5.32 Å². The van der Waals surface area contributed by atoms with Gasteiger partial charge in [0.15, 0.2) is 6.61 Å². The molecule has 1 rings (SSSR count). The van der Waals surface area contributed by atoms with Gasteiger partial charge in [-0.25, -0.2) is 9.59 Å². The van der Waals surface area contributed by atoms with Crippen molar-refractivity contribution in [2.75, 3.05) is 18.5 Å². The third-order valence-electron chi connectivity index (χ3n) is 2.84. The highest BCUT2D eigenvalue weighted by molar-refractivity contribution is 5.96. The second-order valence-electron chi connectivity index (χ2n) is 4.98. The minimum atomic E-state index is -0.787. The highest BCUT2D eigenvalue weighted by Crippen LogP contribution is 2.23. The monoisotopic (exact) mass is 319 g/mol. The van der Waals surface area contributed by atoms with E-state index in [2.05, 4.69) is 10.1 Å². The Balaban J connectivity index is 2.49. The molecule has 0 atom stereocenters. The van der Waals surface area contributed by atoms with E-state index in [1.54, 1.807) is 13.0 Å². The molecule has 0 fully saturated rings. The van der Waals surface area contributed by atoms with Crippen molar-refractivity contribution >= 4 is 23.5 Å². The van der Waals surface area contributed by atoms with Crippen molar-refractivity contribution in [2.24, 2.45) is 0 Å². The maximum absolute atomic E-state index is 11.8. The summed E-state index contributed by atoms with van der Waals surface area (Å²) in [6, 6.07) is 7.42. The second-order valence-corrected chi connectivity index (χ2v) is 4.98. The Morgan fingerprint density at radius 1 is 1.09 bits per heavy atom. The minimum absolute atomic E-state index is 0.218. The van der Waals surface area contributed by atoms with Crippen LogP contribution in [0.4, 0.5) is 5.69 Å². The molecule has 1 N–H and O–H groups in total. The van der Waals surface area contributed by atoms with Crippen molar-refractivity contribution in [3.63, 3.8) is 0 Å². The zero-order valence-corrected chi connectivity index (χ0v) is 13.5. The molecule has 0 aliphatic heterocycles. The summed E-state index contributed by atoms with van der Waals surface area (Å²) in [6.45, 7) is 5.48. The number of nitrogens with one attached hydrogen (secondary N) is 1. The third-order valence-corrected chi connectivity index (χ3v) is 2.84. The number of anilines is 1. The van der Waals surface area contributed by atoms with Crippen molar-refractivity contribution in [1.82, 2.24) is 0 Å². The number of carbonyl (C=O) groups is 3. The molecular weight excluding hydrogens is 298 g/mol. The highest BCUT2D eigenvalue weighted by Gasteiger charge is 2.10. The maximum Gasteiger partial charge on any atom is 0.331 e. The molecule has 23 heavy (non-hydrogen) atoms. The van der Waals surface area contributed by atoms with Gasteiger partial charge in [-0.3, -0.25) is 4.79 Å². The fourth-order valence-corrected chi connectivity index (χ4v) is 1.81. The van der Waals surface area contributed by atoms with Gasteiger partial charge in [0.05, 0.1) is 6.61 Å². The lowest BCUT2D eigenvalue weighted by Crippen LogP contribution is -2.21. The van der Waals surface area contributed by atoms with Crippen LogP contribution >= 0.6 is 0 Å². The van der Waals surface area contributed by atoms with Gasteiger partial charge in [-0.2, -0.15) is 0 Å². The number of hydrogen-bond donors (Lipinski definition) is 1. The number of carbonyl (C=O) groups excluding carboxylic acids is 3. The predicted molar refractivity (Wildman–Crippen MR) is 85.9 cm³/mol. The summed E-state index contributed by atoms with van der Waals surface area (Å²) < 4.78 is 9.38. The van der Waals surface area contributed by atoms with Crippen LogP contribution in [0.2, 0.25) is 0 Å². The molecule has 0 unspecified atom stereocenters. The first kappa shape index (κ1) is 18.4. The first-order valence-electron chi connectivity index (χ1n) is 7.34. The molecule has 0 radical (unpaired) electrons. The van der Waals surface area contributed by atoms with E-state index >= 15 is 0 Å². The zero-order valence-electron chi connectivity index (χ0n) is 13.5. The molecule has 0 saturated heterocycles. The smallest absolute Gasteiger partial charge is 0.331 e. The summed E-state index contributed by atoms with van der Waals surface area (Å²) in [5.74, 6) is -1.62. The first-order valence-corrected chi connectivity index (χ1v) is 7.34. The molecule has 1 amide bonds. The molecule has 0 spiro atoms. The number of para-hydroxylation sites is 1. The fourth-order valence-electron chi connectivity index (χ4n) is 1.81. The number of ether oxygens (including phenoxy) is 2. The van der Waals surface area contributed by atoms with Gasteiger partial charge in [-0.1, -0.05) is 32.0 Å². The van der Waals surface area contributed by atoms with Gasteiger partial charge in [0.25, 0.3) is 5.91 Å². The summed E-state index contributed by atoms with van der Waals surface area (Å²) in [5.41, 5.74) is 1.68. The molecule has 0 aromatic heterocycles. The van der Waals surface area contributed by atoms with Crippen molar-refractivity contribution < 1.29 is 23.9 Å². The van der Waals surface area contributed by atoms with Gasteiger partial charge < -0.3 is 14.8 Å². The quantitative estimate of drug-likeness (QED) is 0.616. The molecule has 0 aliphatic carbocycles. The average Bonchev–Trinajstić information content (AvgIpc) is 2.51. The Kier molecular flexibility index (Phi) is 7.53. The van der Waals surface area contributed by atoms with E-state index in [-0.39, 0.29) is 12.5 Å². The number of esters is 2. The molecule has 1 aromatic rings. The van der Waals surface area contributed by atoms with Crippen molar-refractivity contribution in [2.45, 2.75) is 26.7 Å². The summed E-state index contributed by atoms with van der Waals surface area (Å²) in [6.07, 6.45) is 1.88. The van der Waals surface area contributed by atoms with Gasteiger partial charge in [0.2, 0.25) is 0 Å². The van der Waals surface area contributed by atoms with Crippen molar-refractivity contribution in [1.29, 1.82) is 0 Å². The number of rotatable bonds is 7. The zero-order chi connectivity index (χ0) is 17.2. The SMILES string of the molecule is CCOC(=O)C=CC(=O)OCC(=O)Nc1ccccc1C(C)C. The van der Waals surface area contributed by atoms with E-state index in [0.717, 1.165) is 17.7 Å². The van der Waals surface area contributed by atoms with Gasteiger partial charge in [0.1, 0.15) is 0 Å². The summed E-state index contributed by atoms with van der Waals surface area (Å²) >= 11 is 0. The molecule has 0 saturated carbocycles. The Hall–Kier alpha value is -2.63. The standard InChI is InChI=1S/C17H21NO5/c1-4-22-16(20)9-10-17(21)23-11-15(19)18-14-8-6-5-7-13(14)12(2)3/h5-10,12H,4,11H2,1-3H3,(H,18,19). The predicted octanol–water partition coefficient (Wildman–Crippen LogP) is 2.41. The lowest BCUT2D eigenvalue weighted by atomic mass is 10.0. The van der Waals surface area contributed by atoms with Gasteiger partial charge in [-0.05, 0) is 24.5 Å². The third kappa shape index (κ3) is 6.78. The number of amides is 1. The fraction of sp³-hybridized carbons (Fsp3) is 0.353. The summed E-state index contributed by atoms with van der Waals surface area (Å²) in [7, 11) is 0. The molecule has 1 aromatic carbocycles. The van der Waals surface area contributed by atoms with Crippen LogP contribution in [0.15, 0.2) is 36.4 Å². The lowest BCUT2D eigenvalue weighted by Gasteiger charge is -2.13. The molecule has 124 valence electrons. The van der Waals surface area contributed by atoms with Crippen molar-refractivity contribution in [3.05, 3.63) is 42.0 Å². The molecular formula is C17H21NO5. The summed E-state index contributed by atoms with van der Waals surface area (Å²) in [4.78, 5) is 34.2. The Morgan fingerprint density at radius 3 is 2.30 bits per heavy atom. The summed E-state index contributed by atoms with van der Waals surface area (Å²) in [5, 5.41) is 2.70. The molecule has 0 bridgehead atoms. The Labute approximate surface area is 135 Å². The van der Waals surface area contributed by atoms with E-state index in [9.17, 15) is 14.4 Å². The normalized spacial score (nSPS) is 10.6. The van der Waals surface area contributed by atoms with E-state index in [4.69, 9.17) is 4.74 Å². The van der Waals surface area contributed by atoms with Crippen molar-refractivity contribution in [3.8, 4) is 0 Å². The van der Waals surface area contributed by atoms with Crippen LogP contribution in [-0.4, -0.2) is 31.1 Å². The molecule has 0 heterocycles. The number of benzene rings is 1. The average molecular weight is 319 g/mol. The van der Waals surface area contributed by atoms with Crippen LogP contribution in [0.1, 0.15) is 32.3 Å². The second kappa shape index (κ2) is 9.40. The molecule has 0 aliphatic rings. The van der Waals surface area contributed by atoms with Gasteiger partial charge in [-0.15, -0.1) is 0 Å². The largest absolute Gasteiger partial charge is 0.463 e. The maximum atomic E-state index is 11.8. The van der Waals surface area contributed by atoms with Gasteiger partial charge >= 0.3 is 11.9 Å². The van der Waals surface area contributed by atoms with Crippen LogP contribution in [0.25, 0.3) is 0 Å². The van der Waals surface area contributed by atoms with Crippen LogP contribution in [-0.2, 0) is 23.9 Å². The molecule has 6 heteroatoms. The van der Waals surface area contributed by atoms with Gasteiger partial charge in [0, 0.05) is 17.8 Å². The Morgan fingerprint density at radius 2 is 1.70 bits per heavy atom. The van der Waals surface area contributed by atoms with E-state index in [0.29, 0.717) is 5.69 Å². The number of hydrogen-bond acceptors (Lipinski definition) is 5. The first-order chi connectivity index (χ1) is 10.9. The Bertz CT molecular complexity index is 592. The van der Waals surface area contributed by atoms with E-state index in [1.165, 1.54) is 0 Å². The topological polar surface area (TPSA) is 81.7 Å². The lowest BCUT2D eigenvalue weighted by molar-refractivity contribution is -0.143. The minimum Gasteiger partial charge on any atom is -0.463 e. The van der Waals surface area contributed by atoms with Crippen LogP contribution in [0.5, 0.6) is 0 Å². The molecule has 6 nitrogen and oxygen atoms in total.